The zero-order chi connectivity index (χ0) is 12.4. The fourth-order valence-corrected chi connectivity index (χ4v) is 2.16. The van der Waals surface area contributed by atoms with E-state index in [0.717, 1.165) is 25.9 Å². The van der Waals surface area contributed by atoms with Crippen LogP contribution in [0.4, 0.5) is 0 Å². The van der Waals surface area contributed by atoms with Crippen LogP contribution in [-0.4, -0.2) is 45.2 Å². The van der Waals surface area contributed by atoms with Gasteiger partial charge < -0.3 is 14.5 Å². The van der Waals surface area contributed by atoms with Crippen LogP contribution in [0.25, 0.3) is 0 Å². The van der Waals surface area contributed by atoms with E-state index in [0.29, 0.717) is 11.9 Å². The van der Waals surface area contributed by atoms with Gasteiger partial charge in [0.15, 0.2) is 5.82 Å². The summed E-state index contributed by atoms with van der Waals surface area (Å²) in [6.45, 7) is 6.35. The second kappa shape index (κ2) is 4.83. The predicted octanol–water partition coefficient (Wildman–Crippen LogP) is 1.36. The van der Waals surface area contributed by atoms with Gasteiger partial charge in [-0.05, 0) is 39.8 Å². The first kappa shape index (κ1) is 12.0. The Morgan fingerprint density at radius 1 is 1.47 bits per heavy atom. The quantitative estimate of drug-likeness (QED) is 0.857. The van der Waals surface area contributed by atoms with Gasteiger partial charge >= 0.3 is 11.9 Å². The summed E-state index contributed by atoms with van der Waals surface area (Å²) in [4.78, 5) is 16.9. The molecule has 0 bridgehead atoms. The lowest BCUT2D eigenvalue weighted by atomic mass is 9.95. The van der Waals surface area contributed by atoms with Crippen LogP contribution in [-0.2, 0) is 0 Å². The fraction of sp³-hybridized carbons (Fsp3) is 0.727. The highest BCUT2D eigenvalue weighted by Crippen LogP contribution is 2.26. The molecule has 0 amide bonds. The Bertz CT molecular complexity index is 394. The van der Waals surface area contributed by atoms with Crippen molar-refractivity contribution in [2.45, 2.75) is 38.6 Å². The minimum atomic E-state index is -1.16. The summed E-state index contributed by atoms with van der Waals surface area (Å²) in [5, 5.41) is 12.5. The largest absolute Gasteiger partial charge is 0.474 e. The van der Waals surface area contributed by atoms with Gasteiger partial charge in [-0.2, -0.15) is 4.98 Å². The van der Waals surface area contributed by atoms with E-state index in [-0.39, 0.29) is 11.8 Å². The number of carbonyl (C=O) groups is 1. The second-order valence-electron chi connectivity index (χ2n) is 4.67. The van der Waals surface area contributed by atoms with E-state index in [4.69, 9.17) is 5.11 Å². The molecule has 17 heavy (non-hydrogen) atoms. The Kier molecular flexibility index (Phi) is 3.42. The molecule has 0 radical (unpaired) electrons. The monoisotopic (exact) mass is 239 g/mol. The maximum Gasteiger partial charge on any atom is 0.394 e. The van der Waals surface area contributed by atoms with Crippen molar-refractivity contribution in [1.29, 1.82) is 0 Å². The summed E-state index contributed by atoms with van der Waals surface area (Å²) >= 11 is 0. The summed E-state index contributed by atoms with van der Waals surface area (Å²) in [5.74, 6) is -0.720. The molecule has 1 aromatic rings. The van der Waals surface area contributed by atoms with E-state index in [1.54, 1.807) is 0 Å². The van der Waals surface area contributed by atoms with Crippen LogP contribution in [0.1, 0.15) is 49.1 Å². The lowest BCUT2D eigenvalue weighted by molar-refractivity contribution is 0.0643. The molecule has 1 aromatic heterocycles. The average molecular weight is 239 g/mol. The first-order valence-electron chi connectivity index (χ1n) is 5.89. The smallest absolute Gasteiger partial charge is 0.394 e. The minimum absolute atomic E-state index is 0.224. The van der Waals surface area contributed by atoms with Gasteiger partial charge in [0, 0.05) is 12.0 Å². The first-order chi connectivity index (χ1) is 8.08. The van der Waals surface area contributed by atoms with Gasteiger partial charge in [0.1, 0.15) is 0 Å². The fourth-order valence-electron chi connectivity index (χ4n) is 2.16. The van der Waals surface area contributed by atoms with E-state index in [9.17, 15) is 4.79 Å². The Morgan fingerprint density at radius 2 is 2.12 bits per heavy atom. The van der Waals surface area contributed by atoms with Crippen LogP contribution in [0.15, 0.2) is 4.52 Å². The number of carboxylic acid groups (broad SMARTS) is 1. The molecule has 1 aliphatic heterocycles. The molecule has 0 unspecified atom stereocenters. The molecule has 0 saturated carbocycles. The lowest BCUT2D eigenvalue weighted by Crippen LogP contribution is -2.38. The van der Waals surface area contributed by atoms with Crippen molar-refractivity contribution in [3.63, 3.8) is 0 Å². The van der Waals surface area contributed by atoms with E-state index in [2.05, 4.69) is 33.4 Å². The van der Waals surface area contributed by atoms with Gasteiger partial charge in [-0.1, -0.05) is 5.16 Å². The van der Waals surface area contributed by atoms with Gasteiger partial charge in [-0.15, -0.1) is 0 Å². The number of nitrogens with zero attached hydrogens (tertiary/aromatic N) is 3. The first-order valence-corrected chi connectivity index (χ1v) is 5.89. The third-order valence-electron chi connectivity index (χ3n) is 3.25. The molecule has 6 nitrogen and oxygen atoms in total. The molecule has 2 rings (SSSR count). The summed E-state index contributed by atoms with van der Waals surface area (Å²) in [5.41, 5.74) is 0. The summed E-state index contributed by atoms with van der Waals surface area (Å²) < 4.78 is 4.68. The van der Waals surface area contributed by atoms with Crippen LogP contribution in [0.3, 0.4) is 0 Å². The third-order valence-corrected chi connectivity index (χ3v) is 3.25. The molecule has 1 fully saturated rings. The van der Waals surface area contributed by atoms with Gasteiger partial charge in [0.05, 0.1) is 0 Å². The molecule has 0 atom stereocenters. The maximum absolute atomic E-state index is 10.6. The van der Waals surface area contributed by atoms with E-state index in [1.807, 2.05) is 0 Å². The summed E-state index contributed by atoms with van der Waals surface area (Å²) in [7, 11) is 0. The van der Waals surface area contributed by atoms with Gasteiger partial charge in [0.2, 0.25) is 0 Å². The van der Waals surface area contributed by atoms with Crippen LogP contribution in [0.2, 0.25) is 0 Å². The molecule has 0 aromatic carbocycles. The number of likely N-dealkylation sites (tertiary alicyclic amines) is 1. The Balaban J connectivity index is 1.98. The zero-order valence-corrected chi connectivity index (χ0v) is 10.1. The molecule has 2 heterocycles. The van der Waals surface area contributed by atoms with Gasteiger partial charge in [0.25, 0.3) is 0 Å². The van der Waals surface area contributed by atoms with Gasteiger partial charge in [-0.25, -0.2) is 4.79 Å². The Hall–Kier alpha value is -1.43. The number of aromatic nitrogens is 2. The zero-order valence-electron chi connectivity index (χ0n) is 10.1. The second-order valence-corrected chi connectivity index (χ2v) is 4.67. The standard InChI is InChI=1S/C11H17N3O3/c1-7(2)14-5-3-8(4-6-14)9-12-10(11(15)16)17-13-9/h7-8H,3-6H2,1-2H3,(H,15,16). The van der Waals surface area contributed by atoms with Crippen molar-refractivity contribution >= 4 is 5.97 Å². The molecular weight excluding hydrogens is 222 g/mol. The number of carboxylic acids is 1. The van der Waals surface area contributed by atoms with Crippen molar-refractivity contribution in [2.24, 2.45) is 0 Å². The van der Waals surface area contributed by atoms with Crippen molar-refractivity contribution in [2.75, 3.05) is 13.1 Å². The normalized spacial score (nSPS) is 18.8. The highest BCUT2D eigenvalue weighted by atomic mass is 16.5. The molecule has 0 aliphatic carbocycles. The van der Waals surface area contributed by atoms with E-state index >= 15 is 0 Å². The van der Waals surface area contributed by atoms with Crippen molar-refractivity contribution in [3.8, 4) is 0 Å². The van der Waals surface area contributed by atoms with Crippen molar-refractivity contribution in [1.82, 2.24) is 15.0 Å². The maximum atomic E-state index is 10.6. The number of aromatic carboxylic acids is 1. The Labute approximate surface area is 99.6 Å². The summed E-state index contributed by atoms with van der Waals surface area (Å²) in [6, 6.07) is 0.552. The van der Waals surface area contributed by atoms with Crippen molar-refractivity contribution in [3.05, 3.63) is 11.7 Å². The van der Waals surface area contributed by atoms with E-state index in [1.165, 1.54) is 0 Å². The summed E-state index contributed by atoms with van der Waals surface area (Å²) in [6.07, 6.45) is 1.91. The highest BCUT2D eigenvalue weighted by Gasteiger charge is 2.26. The molecule has 0 spiro atoms. The number of hydrogen-bond donors (Lipinski definition) is 1. The topological polar surface area (TPSA) is 79.5 Å². The van der Waals surface area contributed by atoms with Crippen LogP contribution < -0.4 is 0 Å². The SMILES string of the molecule is CC(C)N1CCC(c2noc(C(=O)O)n2)CC1. The van der Waals surface area contributed by atoms with Crippen LogP contribution in [0.5, 0.6) is 0 Å². The highest BCUT2D eigenvalue weighted by molar-refractivity contribution is 5.81. The molecular formula is C11H17N3O3. The van der Waals surface area contributed by atoms with Crippen LogP contribution >= 0.6 is 0 Å². The minimum Gasteiger partial charge on any atom is -0.474 e. The molecule has 1 saturated heterocycles. The molecule has 6 heteroatoms. The van der Waals surface area contributed by atoms with Crippen LogP contribution in [0, 0.1) is 0 Å². The number of rotatable bonds is 3. The lowest BCUT2D eigenvalue weighted by Gasteiger charge is -2.33. The molecule has 1 N–H and O–H groups in total. The molecule has 94 valence electrons. The average Bonchev–Trinajstić information content (AvgIpc) is 2.78. The third kappa shape index (κ3) is 2.63. The predicted molar refractivity (Wildman–Crippen MR) is 59.9 cm³/mol. The van der Waals surface area contributed by atoms with E-state index < -0.39 is 5.97 Å². The number of hydrogen-bond acceptors (Lipinski definition) is 5. The number of piperidine rings is 1. The van der Waals surface area contributed by atoms with Crippen molar-refractivity contribution < 1.29 is 14.4 Å². The van der Waals surface area contributed by atoms with Gasteiger partial charge in [-0.3, -0.25) is 0 Å². The Morgan fingerprint density at radius 3 is 2.59 bits per heavy atom. The molecule has 1 aliphatic rings.